The van der Waals surface area contributed by atoms with E-state index in [-0.39, 0.29) is 5.69 Å². The van der Waals surface area contributed by atoms with Gasteiger partial charge >= 0.3 is 6.18 Å². The second kappa shape index (κ2) is 8.38. The van der Waals surface area contributed by atoms with E-state index in [2.05, 4.69) is 17.5 Å². The Morgan fingerprint density at radius 3 is 2.67 bits per heavy atom. The maximum Gasteiger partial charge on any atom is 0.416 e. The minimum atomic E-state index is -4.37. The SMILES string of the molecule is CCCCOc1ccccc1C=NNc1cccc(C(F)(F)F)c1. The average Bonchev–Trinajstić information content (AvgIpc) is 2.56. The molecule has 2 aromatic carbocycles. The minimum absolute atomic E-state index is 0.269. The van der Waals surface area contributed by atoms with Gasteiger partial charge in [0.05, 0.1) is 24.1 Å². The molecule has 0 radical (unpaired) electrons. The third kappa shape index (κ3) is 5.30. The molecule has 128 valence electrons. The first-order chi connectivity index (χ1) is 11.5. The molecule has 0 aromatic heterocycles. The summed E-state index contributed by atoms with van der Waals surface area (Å²) in [7, 11) is 0. The highest BCUT2D eigenvalue weighted by molar-refractivity contribution is 5.84. The molecular weight excluding hydrogens is 317 g/mol. The van der Waals surface area contributed by atoms with Gasteiger partial charge in [-0.05, 0) is 36.8 Å². The summed E-state index contributed by atoms with van der Waals surface area (Å²) in [5, 5.41) is 4.00. The number of unbranched alkanes of at least 4 members (excludes halogenated alkanes) is 1. The van der Waals surface area contributed by atoms with Crippen LogP contribution in [0.1, 0.15) is 30.9 Å². The van der Waals surface area contributed by atoms with Crippen molar-refractivity contribution in [2.45, 2.75) is 25.9 Å². The van der Waals surface area contributed by atoms with E-state index in [0.29, 0.717) is 12.4 Å². The normalized spacial score (nSPS) is 11.7. The van der Waals surface area contributed by atoms with Gasteiger partial charge in [0, 0.05) is 5.56 Å². The van der Waals surface area contributed by atoms with Gasteiger partial charge in [0.15, 0.2) is 0 Å². The highest BCUT2D eigenvalue weighted by atomic mass is 19.4. The molecule has 0 bridgehead atoms. The van der Waals surface area contributed by atoms with Crippen LogP contribution in [-0.4, -0.2) is 12.8 Å². The van der Waals surface area contributed by atoms with Gasteiger partial charge in [-0.15, -0.1) is 0 Å². The van der Waals surface area contributed by atoms with Crippen LogP contribution in [0.3, 0.4) is 0 Å². The second-order valence-corrected chi connectivity index (χ2v) is 5.19. The van der Waals surface area contributed by atoms with Crippen LogP contribution in [0.15, 0.2) is 53.6 Å². The summed E-state index contributed by atoms with van der Waals surface area (Å²) in [6.45, 7) is 2.69. The van der Waals surface area contributed by atoms with Gasteiger partial charge in [-0.25, -0.2) is 0 Å². The summed E-state index contributed by atoms with van der Waals surface area (Å²) in [6, 6.07) is 12.3. The summed E-state index contributed by atoms with van der Waals surface area (Å²) in [5.41, 5.74) is 2.92. The Hall–Kier alpha value is -2.50. The van der Waals surface area contributed by atoms with Crippen molar-refractivity contribution in [1.82, 2.24) is 0 Å². The van der Waals surface area contributed by atoms with Gasteiger partial charge in [-0.1, -0.05) is 31.5 Å². The van der Waals surface area contributed by atoms with Crippen LogP contribution < -0.4 is 10.2 Å². The molecule has 0 heterocycles. The van der Waals surface area contributed by atoms with E-state index >= 15 is 0 Å². The van der Waals surface area contributed by atoms with Gasteiger partial charge in [0.2, 0.25) is 0 Å². The standard InChI is InChI=1S/C18H19F3N2O/c1-2-3-11-24-17-10-5-4-7-14(17)13-22-23-16-9-6-8-15(12-16)18(19,20)21/h4-10,12-13,23H,2-3,11H2,1H3. The second-order valence-electron chi connectivity index (χ2n) is 5.19. The van der Waals surface area contributed by atoms with Crippen LogP contribution in [0.4, 0.5) is 18.9 Å². The van der Waals surface area contributed by atoms with Crippen LogP contribution in [0, 0.1) is 0 Å². The van der Waals surface area contributed by atoms with Crippen LogP contribution in [-0.2, 0) is 6.18 Å². The molecule has 1 N–H and O–H groups in total. The number of nitrogens with one attached hydrogen (secondary N) is 1. The molecule has 0 spiro atoms. The van der Waals surface area contributed by atoms with Crippen molar-refractivity contribution >= 4 is 11.9 Å². The first-order valence-corrected chi connectivity index (χ1v) is 7.69. The fraction of sp³-hybridized carbons (Fsp3) is 0.278. The summed E-state index contributed by atoms with van der Waals surface area (Å²) in [5.74, 6) is 0.695. The molecule has 3 nitrogen and oxygen atoms in total. The van der Waals surface area contributed by atoms with Gasteiger partial charge < -0.3 is 4.74 Å². The number of benzene rings is 2. The van der Waals surface area contributed by atoms with Gasteiger partial charge in [0.25, 0.3) is 0 Å². The first-order valence-electron chi connectivity index (χ1n) is 7.69. The van der Waals surface area contributed by atoms with Crippen molar-refractivity contribution < 1.29 is 17.9 Å². The lowest BCUT2D eigenvalue weighted by atomic mass is 10.2. The van der Waals surface area contributed by atoms with Gasteiger partial charge in [-0.2, -0.15) is 18.3 Å². The smallest absolute Gasteiger partial charge is 0.416 e. The largest absolute Gasteiger partial charge is 0.493 e. The molecule has 0 unspecified atom stereocenters. The highest BCUT2D eigenvalue weighted by Gasteiger charge is 2.30. The fourth-order valence-corrected chi connectivity index (χ4v) is 1.99. The third-order valence-electron chi connectivity index (χ3n) is 3.26. The molecule has 2 aromatic rings. The average molecular weight is 336 g/mol. The number of anilines is 1. The maximum absolute atomic E-state index is 12.7. The molecule has 0 amide bonds. The van der Waals surface area contributed by atoms with Crippen LogP contribution in [0.2, 0.25) is 0 Å². The lowest BCUT2D eigenvalue weighted by Crippen LogP contribution is -2.05. The number of alkyl halides is 3. The monoisotopic (exact) mass is 336 g/mol. The van der Waals surface area contributed by atoms with Crippen molar-refractivity contribution in [3.8, 4) is 5.75 Å². The highest BCUT2D eigenvalue weighted by Crippen LogP contribution is 2.30. The van der Waals surface area contributed by atoms with Gasteiger partial charge in [0.1, 0.15) is 5.75 Å². The molecular formula is C18H19F3N2O. The van der Waals surface area contributed by atoms with E-state index in [4.69, 9.17) is 4.74 Å². The van der Waals surface area contributed by atoms with E-state index in [1.807, 2.05) is 24.3 Å². The Labute approximate surface area is 139 Å². The Kier molecular flexibility index (Phi) is 6.23. The summed E-state index contributed by atoms with van der Waals surface area (Å²) in [6.07, 6.45) is -0.857. The summed E-state index contributed by atoms with van der Waals surface area (Å²) >= 11 is 0. The van der Waals surface area contributed by atoms with Crippen molar-refractivity contribution in [2.75, 3.05) is 12.0 Å². The topological polar surface area (TPSA) is 33.6 Å². The van der Waals surface area contributed by atoms with E-state index < -0.39 is 11.7 Å². The zero-order valence-electron chi connectivity index (χ0n) is 13.3. The number of hydrogen-bond acceptors (Lipinski definition) is 3. The molecule has 0 aliphatic rings. The van der Waals surface area contributed by atoms with E-state index in [0.717, 1.165) is 30.5 Å². The number of rotatable bonds is 7. The number of nitrogens with zero attached hydrogens (tertiary/aromatic N) is 1. The minimum Gasteiger partial charge on any atom is -0.493 e. The number of hydrazone groups is 1. The van der Waals surface area contributed by atoms with Crippen molar-refractivity contribution in [3.05, 3.63) is 59.7 Å². The molecule has 0 saturated heterocycles. The Bertz CT molecular complexity index is 684. The maximum atomic E-state index is 12.7. The lowest BCUT2D eigenvalue weighted by molar-refractivity contribution is -0.137. The molecule has 6 heteroatoms. The molecule has 2 rings (SSSR count). The number of para-hydroxylation sites is 1. The lowest BCUT2D eigenvalue weighted by Gasteiger charge is -2.09. The number of ether oxygens (including phenoxy) is 1. The first kappa shape index (κ1) is 17.8. The molecule has 0 atom stereocenters. The van der Waals surface area contributed by atoms with Gasteiger partial charge in [-0.3, -0.25) is 5.43 Å². The summed E-state index contributed by atoms with van der Waals surface area (Å²) in [4.78, 5) is 0. The predicted molar refractivity (Wildman–Crippen MR) is 89.5 cm³/mol. The van der Waals surface area contributed by atoms with Crippen molar-refractivity contribution in [2.24, 2.45) is 5.10 Å². The van der Waals surface area contributed by atoms with E-state index in [9.17, 15) is 13.2 Å². The van der Waals surface area contributed by atoms with E-state index in [1.54, 1.807) is 0 Å². The van der Waals surface area contributed by atoms with Crippen LogP contribution >= 0.6 is 0 Å². The van der Waals surface area contributed by atoms with Crippen molar-refractivity contribution in [1.29, 1.82) is 0 Å². The van der Waals surface area contributed by atoms with Crippen LogP contribution in [0.5, 0.6) is 5.75 Å². The molecule has 0 fully saturated rings. The Morgan fingerprint density at radius 2 is 1.92 bits per heavy atom. The quantitative estimate of drug-likeness (QED) is 0.421. The molecule has 0 saturated carbocycles. The Balaban J connectivity index is 2.04. The number of halogens is 3. The number of hydrogen-bond donors (Lipinski definition) is 1. The molecule has 0 aliphatic heterocycles. The Morgan fingerprint density at radius 1 is 1.12 bits per heavy atom. The van der Waals surface area contributed by atoms with E-state index in [1.165, 1.54) is 18.3 Å². The molecule has 24 heavy (non-hydrogen) atoms. The zero-order chi connectivity index (χ0) is 17.4. The fourth-order valence-electron chi connectivity index (χ4n) is 1.99. The summed E-state index contributed by atoms with van der Waals surface area (Å²) < 4.78 is 43.7. The van der Waals surface area contributed by atoms with Crippen molar-refractivity contribution in [3.63, 3.8) is 0 Å². The zero-order valence-corrected chi connectivity index (χ0v) is 13.3. The predicted octanol–water partition coefficient (Wildman–Crippen LogP) is 5.33. The molecule has 0 aliphatic carbocycles. The third-order valence-corrected chi connectivity index (χ3v) is 3.26. The van der Waals surface area contributed by atoms with Crippen LogP contribution in [0.25, 0.3) is 0 Å².